The maximum atomic E-state index is 12.3. The lowest BCUT2D eigenvalue weighted by Crippen LogP contribution is -2.62. The first-order valence-corrected chi connectivity index (χ1v) is 9.84. The molecule has 2 N–H and O–H groups in total. The molecule has 0 spiro atoms. The van der Waals surface area contributed by atoms with Gasteiger partial charge >= 0.3 is 12.0 Å². The number of ether oxygens (including phenoxy) is 1. The van der Waals surface area contributed by atoms with Crippen molar-refractivity contribution in [2.24, 2.45) is 17.8 Å². The number of nitrogens with one attached hydrogen (secondary N) is 2. The first-order chi connectivity index (χ1) is 13.4. The zero-order valence-electron chi connectivity index (χ0n) is 15.7. The molecule has 0 unspecified atom stereocenters. The number of carbonyl (C=O) groups is 3. The second-order valence-electron chi connectivity index (χ2n) is 8.53. The summed E-state index contributed by atoms with van der Waals surface area (Å²) in [6.07, 6.45) is 8.22. The molecule has 0 atom stereocenters. The summed E-state index contributed by atoms with van der Waals surface area (Å²) in [5, 5.41) is 5.28. The van der Waals surface area contributed by atoms with Crippen LogP contribution in [-0.2, 0) is 20.9 Å². The van der Waals surface area contributed by atoms with Crippen LogP contribution in [-0.4, -0.2) is 34.6 Å². The average molecular weight is 387 g/mol. The Morgan fingerprint density at radius 1 is 1.07 bits per heavy atom. The summed E-state index contributed by atoms with van der Waals surface area (Å²) in [6, 6.07) is 3.99. The predicted octanol–water partition coefficient (Wildman–Crippen LogP) is 1.19. The van der Waals surface area contributed by atoms with Crippen LogP contribution in [0.25, 0.3) is 0 Å². The number of carbonyl (C=O) groups excluding carboxylic acids is 3. The lowest BCUT2D eigenvalue weighted by molar-refractivity contribution is -0.148. The maximum absolute atomic E-state index is 12.3. The number of nitrogens with zero attached hydrogens (tertiary/aromatic N) is 1. The van der Waals surface area contributed by atoms with Crippen molar-refractivity contribution in [3.8, 4) is 0 Å². The van der Waals surface area contributed by atoms with Crippen LogP contribution in [0.15, 0.2) is 29.2 Å². The summed E-state index contributed by atoms with van der Waals surface area (Å²) in [5.74, 6) is 0.653. The standard InChI is InChI=1S/C20H25N3O5/c24-16(12-28-18(26)11-23-4-2-1-3-17(23)25)21-19(27)22-20-8-13-5-14(9-20)7-15(6-13)10-20/h1-4,13-15H,5-12H2,(H2,21,22,24,27). The molecule has 5 rings (SSSR count). The van der Waals surface area contributed by atoms with Crippen LogP contribution in [0.3, 0.4) is 0 Å². The lowest BCUT2D eigenvalue weighted by atomic mass is 9.53. The minimum atomic E-state index is -0.718. The molecule has 0 aromatic carbocycles. The maximum Gasteiger partial charge on any atom is 0.326 e. The minimum Gasteiger partial charge on any atom is -0.454 e. The highest BCUT2D eigenvalue weighted by Gasteiger charge is 2.51. The number of urea groups is 1. The van der Waals surface area contributed by atoms with Gasteiger partial charge in [-0.2, -0.15) is 0 Å². The molecule has 8 heteroatoms. The number of aromatic nitrogens is 1. The second-order valence-corrected chi connectivity index (χ2v) is 8.53. The first-order valence-electron chi connectivity index (χ1n) is 9.84. The van der Waals surface area contributed by atoms with Crippen LogP contribution < -0.4 is 16.2 Å². The highest BCUT2D eigenvalue weighted by atomic mass is 16.5. The summed E-state index contributed by atoms with van der Waals surface area (Å²) in [6.45, 7) is -0.846. The molecule has 0 aliphatic heterocycles. The van der Waals surface area contributed by atoms with Crippen molar-refractivity contribution in [2.75, 3.05) is 6.61 Å². The highest BCUT2D eigenvalue weighted by molar-refractivity contribution is 5.95. The quantitative estimate of drug-likeness (QED) is 0.738. The van der Waals surface area contributed by atoms with Crippen LogP contribution in [0.5, 0.6) is 0 Å². The Morgan fingerprint density at radius 2 is 1.71 bits per heavy atom. The fraction of sp³-hybridized carbons (Fsp3) is 0.600. The van der Waals surface area contributed by atoms with E-state index in [0.29, 0.717) is 17.8 Å². The van der Waals surface area contributed by atoms with E-state index in [2.05, 4.69) is 10.6 Å². The summed E-state index contributed by atoms with van der Waals surface area (Å²) in [4.78, 5) is 47.6. The predicted molar refractivity (Wildman–Crippen MR) is 99.2 cm³/mol. The van der Waals surface area contributed by atoms with Crippen LogP contribution in [0, 0.1) is 17.8 Å². The topological polar surface area (TPSA) is 106 Å². The Balaban J connectivity index is 1.23. The van der Waals surface area contributed by atoms with E-state index in [4.69, 9.17) is 4.74 Å². The molecule has 4 saturated carbocycles. The third kappa shape index (κ3) is 4.10. The number of rotatable bonds is 5. The highest BCUT2D eigenvalue weighted by Crippen LogP contribution is 2.55. The Hall–Kier alpha value is -2.64. The van der Waals surface area contributed by atoms with Crippen molar-refractivity contribution in [1.82, 2.24) is 15.2 Å². The van der Waals surface area contributed by atoms with E-state index < -0.39 is 24.5 Å². The van der Waals surface area contributed by atoms with E-state index in [1.807, 2.05) is 0 Å². The van der Waals surface area contributed by atoms with Gasteiger partial charge in [0.25, 0.3) is 11.5 Å². The van der Waals surface area contributed by atoms with Gasteiger partial charge in [0.2, 0.25) is 0 Å². The number of esters is 1. The molecule has 1 aromatic heterocycles. The van der Waals surface area contributed by atoms with Crippen LogP contribution >= 0.6 is 0 Å². The van der Waals surface area contributed by atoms with E-state index in [9.17, 15) is 19.2 Å². The Labute approximate surface area is 162 Å². The van der Waals surface area contributed by atoms with Crippen LogP contribution in [0.1, 0.15) is 38.5 Å². The van der Waals surface area contributed by atoms with Crippen molar-refractivity contribution < 1.29 is 19.1 Å². The van der Waals surface area contributed by atoms with Crippen molar-refractivity contribution >= 4 is 17.9 Å². The van der Waals surface area contributed by atoms with Gasteiger partial charge in [-0.25, -0.2) is 4.79 Å². The van der Waals surface area contributed by atoms with Gasteiger partial charge < -0.3 is 14.6 Å². The van der Waals surface area contributed by atoms with E-state index in [1.165, 1.54) is 36.1 Å². The van der Waals surface area contributed by atoms with Crippen LogP contribution in [0.4, 0.5) is 4.79 Å². The van der Waals surface area contributed by atoms with E-state index in [0.717, 1.165) is 19.3 Å². The van der Waals surface area contributed by atoms with Gasteiger partial charge in [0, 0.05) is 17.8 Å². The summed E-state index contributed by atoms with van der Waals surface area (Å²) < 4.78 is 6.05. The number of amides is 3. The molecular weight excluding hydrogens is 362 g/mol. The second kappa shape index (κ2) is 7.41. The van der Waals surface area contributed by atoms with E-state index in [1.54, 1.807) is 12.1 Å². The third-order valence-electron chi connectivity index (χ3n) is 6.23. The van der Waals surface area contributed by atoms with E-state index in [-0.39, 0.29) is 17.6 Å². The van der Waals surface area contributed by atoms with Crippen molar-refractivity contribution in [2.45, 2.75) is 50.6 Å². The molecule has 28 heavy (non-hydrogen) atoms. The Morgan fingerprint density at radius 3 is 2.32 bits per heavy atom. The zero-order valence-corrected chi connectivity index (χ0v) is 15.7. The minimum absolute atomic E-state index is 0.190. The zero-order chi connectivity index (χ0) is 19.7. The monoisotopic (exact) mass is 387 g/mol. The molecule has 1 heterocycles. The summed E-state index contributed by atoms with van der Waals surface area (Å²) >= 11 is 0. The van der Waals surface area contributed by atoms with Crippen molar-refractivity contribution in [3.63, 3.8) is 0 Å². The van der Waals surface area contributed by atoms with Crippen LogP contribution in [0.2, 0.25) is 0 Å². The van der Waals surface area contributed by atoms with Crippen molar-refractivity contribution in [1.29, 1.82) is 0 Å². The average Bonchev–Trinajstić information content (AvgIpc) is 2.60. The number of imide groups is 1. The van der Waals surface area contributed by atoms with Gasteiger partial charge in [-0.05, 0) is 62.3 Å². The molecule has 0 radical (unpaired) electrons. The third-order valence-corrected chi connectivity index (χ3v) is 6.23. The molecule has 4 aliphatic carbocycles. The Bertz CT molecular complexity index is 811. The fourth-order valence-corrected chi connectivity index (χ4v) is 5.62. The lowest BCUT2D eigenvalue weighted by Gasteiger charge is -2.56. The summed E-state index contributed by atoms with van der Waals surface area (Å²) in [5.41, 5.74) is -0.525. The fourth-order valence-electron chi connectivity index (χ4n) is 5.62. The first kappa shape index (κ1) is 18.7. The number of hydrogen-bond acceptors (Lipinski definition) is 5. The SMILES string of the molecule is O=C(COC(=O)Cn1ccccc1=O)NC(=O)NC12CC3CC(CC(C3)C1)C2. The van der Waals surface area contributed by atoms with Gasteiger partial charge in [-0.15, -0.1) is 0 Å². The van der Waals surface area contributed by atoms with Gasteiger partial charge in [-0.3, -0.25) is 19.7 Å². The molecule has 8 nitrogen and oxygen atoms in total. The molecule has 4 fully saturated rings. The van der Waals surface area contributed by atoms with Crippen molar-refractivity contribution in [3.05, 3.63) is 34.7 Å². The number of pyridine rings is 1. The van der Waals surface area contributed by atoms with Gasteiger partial charge in [0.1, 0.15) is 6.54 Å². The summed E-state index contributed by atoms with van der Waals surface area (Å²) in [7, 11) is 0. The molecule has 3 amide bonds. The molecule has 1 aromatic rings. The van der Waals surface area contributed by atoms with Gasteiger partial charge in [-0.1, -0.05) is 6.07 Å². The smallest absolute Gasteiger partial charge is 0.326 e. The molecule has 4 bridgehead atoms. The van der Waals surface area contributed by atoms with Gasteiger partial charge in [0.05, 0.1) is 0 Å². The Kier molecular flexibility index (Phi) is 4.95. The molecule has 0 saturated heterocycles. The molecule has 150 valence electrons. The van der Waals surface area contributed by atoms with Gasteiger partial charge in [0.15, 0.2) is 6.61 Å². The largest absolute Gasteiger partial charge is 0.454 e. The molecular formula is C20H25N3O5. The number of hydrogen-bond donors (Lipinski definition) is 2. The van der Waals surface area contributed by atoms with E-state index >= 15 is 0 Å². The molecule has 4 aliphatic rings. The normalized spacial score (nSPS) is 29.9.